The Bertz CT molecular complexity index is 7240. The van der Waals surface area contributed by atoms with Gasteiger partial charge in [0.2, 0.25) is 0 Å². The van der Waals surface area contributed by atoms with Crippen LogP contribution in [0.25, 0.3) is 206 Å². The summed E-state index contributed by atoms with van der Waals surface area (Å²) in [6, 6.07) is 116. The first-order valence-electron chi connectivity index (χ1n) is 34.9. The van der Waals surface area contributed by atoms with Crippen molar-refractivity contribution in [3.05, 3.63) is 340 Å². The van der Waals surface area contributed by atoms with Gasteiger partial charge < -0.3 is 9.13 Å². The normalized spacial score (nSPS) is 11.8. The molecule has 0 amide bonds. The summed E-state index contributed by atoms with van der Waals surface area (Å²) in [5, 5.41) is 17.2. The van der Waals surface area contributed by atoms with Crippen molar-refractivity contribution in [3.8, 4) is 78.9 Å². The monoisotopic (exact) mass is 1360 g/mol. The molecule has 0 fully saturated rings. The second kappa shape index (κ2) is 24.2. The molecule has 0 spiro atoms. The zero-order chi connectivity index (χ0) is 68.3. The number of hydrogen-bond donors (Lipinski definition) is 0. The topological polar surface area (TPSA) is 87.2 Å². The average Bonchev–Trinajstić information content (AvgIpc) is 1.56. The van der Waals surface area contributed by atoms with Crippen molar-refractivity contribution in [2.45, 2.75) is 0 Å². The van der Waals surface area contributed by atoms with Crippen LogP contribution in [-0.2, 0) is 0 Å². The standard InChI is InChI=1S/2C47H28N4S/c1-2-13-29(14-3-1)30-15-10-16-31(27-30)43-38-23-12-26-48-47(38)50-46(49-43)32-17-11-18-33(28-32)51-39-24-8-6-21-36(39)41-42-37-22-7-9-25-40(37)52-45(42)35-20-5-4-19-34(35)44(41)51;1-2-12-29(13-3-1)30-23-25-31(26-24-30)43-38-20-11-27-48-47(38)50-46(49-43)32-14-10-15-33(28-32)51-39-21-8-6-18-36(39)41-42-37-19-7-9-22-40(37)52-45(42)35-17-5-4-16-34(35)44(41)51/h2*1-28H. The molecule has 0 saturated heterocycles. The van der Waals surface area contributed by atoms with Gasteiger partial charge in [0, 0.05) is 140 Å². The van der Waals surface area contributed by atoms with E-state index in [1.54, 1.807) is 12.4 Å². The Kier molecular flexibility index (Phi) is 13.8. The molecule has 8 aromatic heterocycles. The van der Waals surface area contributed by atoms with E-state index in [-0.39, 0.29) is 0 Å². The molecular formula is C94H56N8S2. The molecule has 104 heavy (non-hydrogen) atoms. The lowest BCUT2D eigenvalue weighted by molar-refractivity contribution is 1.16. The Morgan fingerprint density at radius 3 is 1.11 bits per heavy atom. The number of para-hydroxylation sites is 2. The van der Waals surface area contributed by atoms with Crippen molar-refractivity contribution >= 4 is 150 Å². The van der Waals surface area contributed by atoms with Gasteiger partial charge in [-0.2, -0.15) is 0 Å². The maximum Gasteiger partial charge on any atom is 0.163 e. The lowest BCUT2D eigenvalue weighted by Crippen LogP contribution is -1.99. The third kappa shape index (κ3) is 9.57. The molecule has 0 aliphatic heterocycles. The fourth-order valence-electron chi connectivity index (χ4n) is 15.9. The molecule has 14 aromatic carbocycles. The van der Waals surface area contributed by atoms with E-state index in [0.717, 1.165) is 61.4 Å². The van der Waals surface area contributed by atoms with Gasteiger partial charge in [-0.25, -0.2) is 29.9 Å². The fourth-order valence-corrected chi connectivity index (χ4v) is 18.4. The highest BCUT2D eigenvalue weighted by atomic mass is 32.1. The third-order valence-corrected chi connectivity index (χ3v) is 22.9. The van der Waals surface area contributed by atoms with E-state index >= 15 is 0 Å². The Labute approximate surface area is 604 Å². The zero-order valence-electron chi connectivity index (χ0n) is 55.7. The van der Waals surface area contributed by atoms with Crippen molar-refractivity contribution in [3.63, 3.8) is 0 Å². The first-order valence-corrected chi connectivity index (χ1v) is 36.5. The molecule has 484 valence electrons. The molecule has 0 radical (unpaired) electrons. The van der Waals surface area contributed by atoms with Crippen LogP contribution in [0.5, 0.6) is 0 Å². The van der Waals surface area contributed by atoms with Crippen LogP contribution in [0.2, 0.25) is 0 Å². The summed E-state index contributed by atoms with van der Waals surface area (Å²) in [6.45, 7) is 0. The van der Waals surface area contributed by atoms with Gasteiger partial charge in [-0.3, -0.25) is 0 Å². The highest BCUT2D eigenvalue weighted by Gasteiger charge is 2.25. The molecule has 0 saturated carbocycles. The van der Waals surface area contributed by atoms with Crippen molar-refractivity contribution < 1.29 is 0 Å². The molecule has 10 heteroatoms. The van der Waals surface area contributed by atoms with Gasteiger partial charge in [0.1, 0.15) is 0 Å². The van der Waals surface area contributed by atoms with Crippen LogP contribution < -0.4 is 0 Å². The van der Waals surface area contributed by atoms with Gasteiger partial charge in [0.25, 0.3) is 0 Å². The first kappa shape index (κ1) is 59.5. The Morgan fingerprint density at radius 1 is 0.231 bits per heavy atom. The second-order valence-electron chi connectivity index (χ2n) is 26.4. The van der Waals surface area contributed by atoms with Gasteiger partial charge in [-0.05, 0) is 101 Å². The smallest absolute Gasteiger partial charge is 0.163 e. The van der Waals surface area contributed by atoms with Gasteiger partial charge in [-0.1, -0.05) is 249 Å². The van der Waals surface area contributed by atoms with Crippen LogP contribution in [0.3, 0.4) is 0 Å². The summed E-state index contributed by atoms with van der Waals surface area (Å²) in [5.74, 6) is 1.29. The van der Waals surface area contributed by atoms with Crippen molar-refractivity contribution in [2.75, 3.05) is 0 Å². The summed E-state index contributed by atoms with van der Waals surface area (Å²) in [4.78, 5) is 30.0. The van der Waals surface area contributed by atoms with Crippen LogP contribution in [0, 0.1) is 0 Å². The number of benzene rings is 14. The van der Waals surface area contributed by atoms with E-state index in [1.165, 1.54) is 122 Å². The van der Waals surface area contributed by atoms with Gasteiger partial charge in [-0.15, -0.1) is 22.7 Å². The largest absolute Gasteiger partial charge is 0.309 e. The predicted octanol–water partition coefficient (Wildman–Crippen LogP) is 25.3. The molecule has 0 atom stereocenters. The molecule has 0 unspecified atom stereocenters. The van der Waals surface area contributed by atoms with Gasteiger partial charge in [0.15, 0.2) is 22.9 Å². The number of pyridine rings is 2. The van der Waals surface area contributed by atoms with E-state index < -0.39 is 0 Å². The van der Waals surface area contributed by atoms with Crippen molar-refractivity contribution in [2.24, 2.45) is 0 Å². The molecule has 22 aromatic rings. The van der Waals surface area contributed by atoms with Crippen LogP contribution in [0.15, 0.2) is 340 Å². The first-order chi connectivity index (χ1) is 51.6. The van der Waals surface area contributed by atoms with Crippen LogP contribution >= 0.6 is 22.7 Å². The molecule has 22 rings (SSSR count). The second-order valence-corrected chi connectivity index (χ2v) is 28.5. The Hall–Kier alpha value is -13.4. The number of fused-ring (bicyclic) bond motifs is 22. The maximum absolute atomic E-state index is 5.28. The predicted molar refractivity (Wildman–Crippen MR) is 437 cm³/mol. The maximum atomic E-state index is 5.28. The number of nitrogens with zero attached hydrogens (tertiary/aromatic N) is 8. The molecule has 0 aliphatic carbocycles. The SMILES string of the molecule is c1ccc(-c2ccc(-c3nc(-c4cccc(-n5c6ccccc6c6c7c8ccccc8sc7c7ccccc7c65)c4)nc4ncccc34)cc2)cc1.c1ccc(-c2cccc(-c3nc(-c4cccc(-n5c6ccccc6c6c7c8ccccc8sc7c7ccccc7c65)c4)nc4ncccc34)c2)cc1. The lowest BCUT2D eigenvalue weighted by Gasteiger charge is -2.13. The van der Waals surface area contributed by atoms with E-state index in [0.29, 0.717) is 22.9 Å². The van der Waals surface area contributed by atoms with E-state index in [4.69, 9.17) is 29.9 Å². The summed E-state index contributed by atoms with van der Waals surface area (Å²) in [6.07, 6.45) is 3.60. The third-order valence-electron chi connectivity index (χ3n) is 20.5. The van der Waals surface area contributed by atoms with Gasteiger partial charge >= 0.3 is 0 Å². The quantitative estimate of drug-likeness (QED) is 0.151. The van der Waals surface area contributed by atoms with Gasteiger partial charge in [0.05, 0.1) is 33.5 Å². The number of thiophene rings is 2. The molecule has 8 heterocycles. The Morgan fingerprint density at radius 2 is 0.596 bits per heavy atom. The van der Waals surface area contributed by atoms with Crippen LogP contribution in [0.4, 0.5) is 0 Å². The number of hydrogen-bond acceptors (Lipinski definition) is 8. The van der Waals surface area contributed by atoms with E-state index in [2.05, 4.69) is 312 Å². The Balaban J connectivity index is 0.000000134. The number of rotatable bonds is 8. The van der Waals surface area contributed by atoms with E-state index in [9.17, 15) is 0 Å². The minimum Gasteiger partial charge on any atom is -0.309 e. The summed E-state index contributed by atoms with van der Waals surface area (Å²) in [7, 11) is 0. The summed E-state index contributed by atoms with van der Waals surface area (Å²) in [5.41, 5.74) is 18.6. The molecular weight excluding hydrogens is 1310 g/mol. The van der Waals surface area contributed by atoms with E-state index in [1.807, 2.05) is 46.9 Å². The van der Waals surface area contributed by atoms with Crippen molar-refractivity contribution in [1.29, 1.82) is 0 Å². The highest BCUT2D eigenvalue weighted by Crippen LogP contribution is 2.51. The summed E-state index contributed by atoms with van der Waals surface area (Å²) >= 11 is 3.77. The molecule has 0 N–H and O–H groups in total. The van der Waals surface area contributed by atoms with Crippen LogP contribution in [0.1, 0.15) is 0 Å². The highest BCUT2D eigenvalue weighted by molar-refractivity contribution is 7.27. The van der Waals surface area contributed by atoms with Crippen LogP contribution in [-0.4, -0.2) is 39.0 Å². The minimum atomic E-state index is 0.644. The molecule has 0 bridgehead atoms. The fraction of sp³-hybridized carbons (Fsp3) is 0. The zero-order valence-corrected chi connectivity index (χ0v) is 57.4. The molecule has 0 aliphatic rings. The van der Waals surface area contributed by atoms with Crippen molar-refractivity contribution in [1.82, 2.24) is 39.0 Å². The summed E-state index contributed by atoms with van der Waals surface area (Å²) < 4.78 is 10.2. The lowest BCUT2D eigenvalue weighted by atomic mass is 10.00. The molecule has 8 nitrogen and oxygen atoms in total. The average molecular weight is 1360 g/mol. The minimum absolute atomic E-state index is 0.644. The number of aromatic nitrogens is 8.